The molecule has 0 aliphatic heterocycles. The lowest BCUT2D eigenvalue weighted by molar-refractivity contribution is 0.377. The summed E-state index contributed by atoms with van der Waals surface area (Å²) in [5, 5.41) is 24.5. The predicted octanol–water partition coefficient (Wildman–Crippen LogP) is 1.82. The summed E-state index contributed by atoms with van der Waals surface area (Å²) < 4.78 is 5.04. The van der Waals surface area contributed by atoms with Crippen LogP contribution in [0.5, 0.6) is 0 Å². The summed E-state index contributed by atoms with van der Waals surface area (Å²) in [5.41, 5.74) is 2.42. The fourth-order valence-corrected chi connectivity index (χ4v) is 2.15. The number of anilines is 1. The SMILES string of the molecule is CCc1nnc(NCCc2nc(C)no2)c(C#N)c1CC. The summed E-state index contributed by atoms with van der Waals surface area (Å²) in [6.07, 6.45) is 2.11. The highest BCUT2D eigenvalue weighted by Gasteiger charge is 2.14. The zero-order valence-electron chi connectivity index (χ0n) is 12.5. The van der Waals surface area contributed by atoms with Gasteiger partial charge in [-0.3, -0.25) is 0 Å². The smallest absolute Gasteiger partial charge is 0.228 e. The number of nitriles is 1. The van der Waals surface area contributed by atoms with E-state index in [9.17, 15) is 5.26 Å². The van der Waals surface area contributed by atoms with Crippen molar-refractivity contribution in [1.82, 2.24) is 20.3 Å². The summed E-state index contributed by atoms with van der Waals surface area (Å²) in [6, 6.07) is 2.23. The van der Waals surface area contributed by atoms with E-state index in [1.54, 1.807) is 6.92 Å². The van der Waals surface area contributed by atoms with Gasteiger partial charge in [-0.25, -0.2) is 0 Å². The van der Waals surface area contributed by atoms with E-state index in [2.05, 4.69) is 31.7 Å². The molecule has 0 aliphatic rings. The summed E-state index contributed by atoms with van der Waals surface area (Å²) >= 11 is 0. The van der Waals surface area contributed by atoms with Crippen LogP contribution < -0.4 is 5.32 Å². The molecule has 0 bridgehead atoms. The highest BCUT2D eigenvalue weighted by Crippen LogP contribution is 2.19. The van der Waals surface area contributed by atoms with Gasteiger partial charge in [0.15, 0.2) is 11.6 Å². The maximum atomic E-state index is 9.37. The van der Waals surface area contributed by atoms with E-state index in [0.29, 0.717) is 36.1 Å². The molecule has 110 valence electrons. The highest BCUT2D eigenvalue weighted by molar-refractivity contribution is 5.56. The maximum Gasteiger partial charge on any atom is 0.228 e. The number of nitrogens with zero attached hydrogens (tertiary/aromatic N) is 5. The third-order valence-corrected chi connectivity index (χ3v) is 3.16. The first-order valence-corrected chi connectivity index (χ1v) is 7.01. The van der Waals surface area contributed by atoms with E-state index < -0.39 is 0 Å². The first-order valence-electron chi connectivity index (χ1n) is 7.01. The molecule has 0 fully saturated rings. The van der Waals surface area contributed by atoms with Crippen molar-refractivity contribution in [3.63, 3.8) is 0 Å². The zero-order valence-corrected chi connectivity index (χ0v) is 12.5. The molecule has 2 aromatic heterocycles. The number of nitrogens with one attached hydrogen (secondary N) is 1. The third-order valence-electron chi connectivity index (χ3n) is 3.16. The molecule has 0 aromatic carbocycles. The van der Waals surface area contributed by atoms with Gasteiger partial charge < -0.3 is 9.84 Å². The Hall–Kier alpha value is -2.49. The van der Waals surface area contributed by atoms with Gasteiger partial charge in [-0.1, -0.05) is 19.0 Å². The standard InChI is InChI=1S/C14H18N6O/c1-4-10-11(8-15)14(19-18-12(10)5-2)16-7-6-13-17-9(3)20-21-13/h4-7H2,1-3H3,(H,16,19). The second kappa shape index (κ2) is 6.79. The molecule has 0 radical (unpaired) electrons. The van der Waals surface area contributed by atoms with Crippen LogP contribution in [0.3, 0.4) is 0 Å². The van der Waals surface area contributed by atoms with Crippen LogP contribution in [-0.2, 0) is 19.3 Å². The molecular weight excluding hydrogens is 268 g/mol. The van der Waals surface area contributed by atoms with Crippen LogP contribution in [0.4, 0.5) is 5.82 Å². The van der Waals surface area contributed by atoms with Gasteiger partial charge in [-0.15, -0.1) is 5.10 Å². The number of hydrogen-bond acceptors (Lipinski definition) is 7. The van der Waals surface area contributed by atoms with E-state index in [0.717, 1.165) is 24.1 Å². The van der Waals surface area contributed by atoms with Crippen LogP contribution in [0, 0.1) is 18.3 Å². The van der Waals surface area contributed by atoms with Crippen LogP contribution in [-0.4, -0.2) is 26.9 Å². The molecule has 0 amide bonds. The summed E-state index contributed by atoms with van der Waals surface area (Å²) in [7, 11) is 0. The number of aryl methyl sites for hydroxylation is 2. The second-order valence-electron chi connectivity index (χ2n) is 4.58. The van der Waals surface area contributed by atoms with Crippen molar-refractivity contribution >= 4 is 5.82 Å². The molecule has 0 aliphatic carbocycles. The molecule has 0 saturated heterocycles. The predicted molar refractivity (Wildman–Crippen MR) is 76.7 cm³/mol. The van der Waals surface area contributed by atoms with Gasteiger partial charge in [0.05, 0.1) is 5.69 Å². The minimum atomic E-state index is 0.516. The fourth-order valence-electron chi connectivity index (χ4n) is 2.15. The van der Waals surface area contributed by atoms with Gasteiger partial charge in [0, 0.05) is 13.0 Å². The lowest BCUT2D eigenvalue weighted by Crippen LogP contribution is -2.12. The molecule has 0 spiro atoms. The molecular formula is C14H18N6O. The van der Waals surface area contributed by atoms with Crippen molar-refractivity contribution in [1.29, 1.82) is 5.26 Å². The van der Waals surface area contributed by atoms with Gasteiger partial charge in [0.25, 0.3) is 0 Å². The van der Waals surface area contributed by atoms with Crippen molar-refractivity contribution in [3.8, 4) is 6.07 Å². The Labute approximate surface area is 123 Å². The minimum Gasteiger partial charge on any atom is -0.367 e. The number of hydrogen-bond donors (Lipinski definition) is 1. The first-order chi connectivity index (χ1) is 10.2. The molecule has 21 heavy (non-hydrogen) atoms. The van der Waals surface area contributed by atoms with E-state index >= 15 is 0 Å². The van der Waals surface area contributed by atoms with Crippen LogP contribution >= 0.6 is 0 Å². The lowest BCUT2D eigenvalue weighted by Gasteiger charge is -2.11. The van der Waals surface area contributed by atoms with Gasteiger partial charge in [-0.05, 0) is 25.3 Å². The van der Waals surface area contributed by atoms with Gasteiger partial charge in [0.1, 0.15) is 11.6 Å². The zero-order chi connectivity index (χ0) is 15.2. The quantitative estimate of drug-likeness (QED) is 0.864. The molecule has 0 atom stereocenters. The van der Waals surface area contributed by atoms with Gasteiger partial charge >= 0.3 is 0 Å². The third kappa shape index (κ3) is 3.34. The van der Waals surface area contributed by atoms with Crippen LogP contribution in [0.25, 0.3) is 0 Å². The average Bonchev–Trinajstić information content (AvgIpc) is 2.91. The summed E-state index contributed by atoms with van der Waals surface area (Å²) in [4.78, 5) is 4.13. The number of rotatable bonds is 6. The number of aromatic nitrogens is 4. The van der Waals surface area contributed by atoms with Crippen LogP contribution in [0.1, 0.15) is 42.4 Å². The van der Waals surface area contributed by atoms with E-state index in [1.165, 1.54) is 0 Å². The second-order valence-corrected chi connectivity index (χ2v) is 4.58. The van der Waals surface area contributed by atoms with Gasteiger partial charge in [0.2, 0.25) is 5.89 Å². The summed E-state index contributed by atoms with van der Waals surface area (Å²) in [6.45, 7) is 6.35. The average molecular weight is 286 g/mol. The monoisotopic (exact) mass is 286 g/mol. The Kier molecular flexibility index (Phi) is 4.82. The van der Waals surface area contributed by atoms with Crippen LogP contribution in [0.2, 0.25) is 0 Å². The van der Waals surface area contributed by atoms with E-state index in [-0.39, 0.29) is 0 Å². The molecule has 7 nitrogen and oxygen atoms in total. The molecule has 0 unspecified atom stereocenters. The molecule has 2 heterocycles. The van der Waals surface area contributed by atoms with Gasteiger partial charge in [-0.2, -0.15) is 15.3 Å². The Balaban J connectivity index is 2.11. The molecule has 7 heteroatoms. The maximum absolute atomic E-state index is 9.37. The normalized spacial score (nSPS) is 10.4. The van der Waals surface area contributed by atoms with Crippen molar-refractivity contribution < 1.29 is 4.52 Å². The molecule has 2 rings (SSSR count). The Morgan fingerprint density at radius 3 is 2.62 bits per heavy atom. The van der Waals surface area contributed by atoms with Crippen molar-refractivity contribution in [2.75, 3.05) is 11.9 Å². The van der Waals surface area contributed by atoms with E-state index in [4.69, 9.17) is 4.52 Å². The molecule has 1 N–H and O–H groups in total. The van der Waals surface area contributed by atoms with Crippen molar-refractivity contribution in [2.45, 2.75) is 40.0 Å². The van der Waals surface area contributed by atoms with Crippen molar-refractivity contribution in [2.24, 2.45) is 0 Å². The van der Waals surface area contributed by atoms with Crippen LogP contribution in [0.15, 0.2) is 4.52 Å². The molecule has 2 aromatic rings. The Morgan fingerprint density at radius 2 is 2.05 bits per heavy atom. The topological polar surface area (TPSA) is 101 Å². The first kappa shape index (κ1) is 14.9. The van der Waals surface area contributed by atoms with Crippen molar-refractivity contribution in [3.05, 3.63) is 28.5 Å². The highest BCUT2D eigenvalue weighted by atomic mass is 16.5. The molecule has 0 saturated carbocycles. The fraction of sp³-hybridized carbons (Fsp3) is 0.500. The minimum absolute atomic E-state index is 0.516. The largest absolute Gasteiger partial charge is 0.367 e. The Morgan fingerprint density at radius 1 is 1.24 bits per heavy atom. The Bertz CT molecular complexity index is 658. The summed E-state index contributed by atoms with van der Waals surface area (Å²) in [5.74, 6) is 1.69. The van der Waals surface area contributed by atoms with E-state index in [1.807, 2.05) is 13.8 Å². The lowest BCUT2D eigenvalue weighted by atomic mass is 10.0.